The van der Waals surface area contributed by atoms with E-state index < -0.39 is 18.4 Å². The molecule has 130 valence electrons. The van der Waals surface area contributed by atoms with Crippen molar-refractivity contribution in [3.05, 3.63) is 41.7 Å². The molecule has 0 bridgehead atoms. The molecule has 0 aliphatic rings. The predicted octanol–water partition coefficient (Wildman–Crippen LogP) is 7.69. The first-order valence-corrected chi connectivity index (χ1v) is 17.6. The van der Waals surface area contributed by atoms with Crippen molar-refractivity contribution in [1.82, 2.24) is 0 Å². The fraction of sp³-hybridized carbons (Fsp3) is 0.619. The Morgan fingerprint density at radius 1 is 0.826 bits per heavy atom. The Morgan fingerprint density at radius 3 is 1.74 bits per heavy atom. The first-order valence-electron chi connectivity index (χ1n) is 9.58. The zero-order valence-electron chi connectivity index (χ0n) is 15.4. The van der Waals surface area contributed by atoms with Crippen LogP contribution < -0.4 is 0 Å². The summed E-state index contributed by atoms with van der Waals surface area (Å²) in [6.07, 6.45) is 12.9. The van der Waals surface area contributed by atoms with E-state index >= 15 is 0 Å². The van der Waals surface area contributed by atoms with Crippen LogP contribution in [0.4, 0.5) is 4.39 Å². The zero-order valence-corrected chi connectivity index (χ0v) is 18.3. The van der Waals surface area contributed by atoms with Gasteiger partial charge in [-0.15, -0.1) is 0 Å². The Hall–Kier alpha value is -0.311. The number of rotatable bonds is 12. The van der Waals surface area contributed by atoms with Crippen LogP contribution in [0.5, 0.6) is 0 Å². The zero-order chi connectivity index (χ0) is 17.0. The van der Waals surface area contributed by atoms with Crippen LogP contribution in [0, 0.1) is 5.82 Å². The van der Waals surface area contributed by atoms with Crippen molar-refractivity contribution < 1.29 is 4.39 Å². The van der Waals surface area contributed by atoms with Gasteiger partial charge in [-0.1, -0.05) is 0 Å². The molecule has 0 spiro atoms. The molecule has 0 aliphatic heterocycles. The summed E-state index contributed by atoms with van der Waals surface area (Å²) in [7, 11) is 0. The molecule has 0 amide bonds. The normalized spacial score (nSPS) is 12.2. The molecule has 23 heavy (non-hydrogen) atoms. The summed E-state index contributed by atoms with van der Waals surface area (Å²) < 4.78 is 19.0. The van der Waals surface area contributed by atoms with E-state index in [2.05, 4.69) is 32.9 Å². The molecule has 0 saturated carbocycles. The second-order valence-electron chi connectivity index (χ2n) is 6.97. The van der Waals surface area contributed by atoms with E-state index in [-0.39, 0.29) is 5.82 Å². The summed E-state index contributed by atoms with van der Waals surface area (Å²) in [6.45, 7) is 6.97. The molecule has 0 atom stereocenters. The van der Waals surface area contributed by atoms with Gasteiger partial charge in [-0.2, -0.15) is 0 Å². The van der Waals surface area contributed by atoms with E-state index in [4.69, 9.17) is 0 Å². The third kappa shape index (κ3) is 8.37. The van der Waals surface area contributed by atoms with Crippen LogP contribution in [0.1, 0.15) is 64.9 Å². The Balaban J connectivity index is 2.76. The number of benzene rings is 1. The summed E-state index contributed by atoms with van der Waals surface area (Å²) in [4.78, 5) is 0. The molecule has 0 unspecified atom stereocenters. The maximum atomic E-state index is 13.0. The van der Waals surface area contributed by atoms with Gasteiger partial charge in [-0.25, -0.2) is 0 Å². The first-order chi connectivity index (χ1) is 11.2. The molecule has 0 aliphatic carbocycles. The van der Waals surface area contributed by atoms with Gasteiger partial charge in [0, 0.05) is 0 Å². The monoisotopic (exact) mass is 426 g/mol. The van der Waals surface area contributed by atoms with E-state index in [9.17, 15) is 4.39 Å². The standard InChI is InChI=1S/C9H8F.3C4H9.Sn/c1-2-3-8-4-6-9(10)7-5-8;3*1-3-4-2;/h2-7H,1H2;3*1,3-4H2,2H3;/b3-2-;;;;. The van der Waals surface area contributed by atoms with Gasteiger partial charge in [0.25, 0.3) is 0 Å². The van der Waals surface area contributed by atoms with Gasteiger partial charge in [0.05, 0.1) is 0 Å². The molecule has 0 N–H and O–H groups in total. The Labute approximate surface area is 147 Å². The van der Waals surface area contributed by atoms with Gasteiger partial charge in [-0.3, -0.25) is 0 Å². The average molecular weight is 425 g/mol. The van der Waals surface area contributed by atoms with Crippen molar-refractivity contribution in [1.29, 1.82) is 0 Å². The van der Waals surface area contributed by atoms with Crippen LogP contribution >= 0.6 is 0 Å². The quantitative estimate of drug-likeness (QED) is 0.301. The van der Waals surface area contributed by atoms with Crippen LogP contribution in [0.25, 0.3) is 6.08 Å². The van der Waals surface area contributed by atoms with E-state index in [1.807, 2.05) is 12.1 Å². The van der Waals surface area contributed by atoms with Crippen molar-refractivity contribution in [2.24, 2.45) is 0 Å². The van der Waals surface area contributed by atoms with Crippen molar-refractivity contribution in [2.75, 3.05) is 0 Å². The maximum absolute atomic E-state index is 13.0. The van der Waals surface area contributed by atoms with E-state index in [0.29, 0.717) is 0 Å². The Kier molecular flexibility index (Phi) is 10.9. The fourth-order valence-corrected chi connectivity index (χ4v) is 18.5. The summed E-state index contributed by atoms with van der Waals surface area (Å²) in [5, 5.41) is 0. The van der Waals surface area contributed by atoms with Crippen LogP contribution in [0.15, 0.2) is 30.3 Å². The van der Waals surface area contributed by atoms with Crippen molar-refractivity contribution in [3.8, 4) is 0 Å². The number of hydrogen-bond acceptors (Lipinski definition) is 0. The third-order valence-corrected chi connectivity index (χ3v) is 20.2. The van der Waals surface area contributed by atoms with Gasteiger partial charge in [-0.05, 0) is 0 Å². The van der Waals surface area contributed by atoms with Crippen LogP contribution in [0.2, 0.25) is 17.7 Å². The van der Waals surface area contributed by atoms with Crippen molar-refractivity contribution in [3.63, 3.8) is 0 Å². The molecule has 0 saturated heterocycles. The van der Waals surface area contributed by atoms with E-state index in [1.165, 1.54) is 43.0 Å². The molecular weight excluding hydrogens is 390 g/mol. The van der Waals surface area contributed by atoms with Crippen LogP contribution in [0.3, 0.4) is 0 Å². The Bertz CT molecular complexity index is 414. The molecule has 1 rings (SSSR count). The molecule has 0 radical (unpaired) electrons. The fourth-order valence-electron chi connectivity index (χ4n) is 3.36. The Morgan fingerprint density at radius 2 is 1.30 bits per heavy atom. The average Bonchev–Trinajstić information content (AvgIpc) is 2.57. The van der Waals surface area contributed by atoms with E-state index in [0.717, 1.165) is 5.56 Å². The minimum absolute atomic E-state index is 0.149. The van der Waals surface area contributed by atoms with E-state index in [1.54, 1.807) is 25.4 Å². The summed E-state index contributed by atoms with van der Waals surface area (Å²) in [5.41, 5.74) is 1.13. The van der Waals surface area contributed by atoms with Gasteiger partial charge in [0.15, 0.2) is 0 Å². The molecule has 0 aromatic heterocycles. The first kappa shape index (κ1) is 20.7. The topological polar surface area (TPSA) is 0 Å². The summed E-state index contributed by atoms with van der Waals surface area (Å²) in [5.74, 6) is -0.149. The molecule has 0 fully saturated rings. The SMILES string of the molecule is CCC[CH2][Sn]([CH2]/C=C\c1ccc(F)cc1)([CH2]CCC)[CH2]CCC. The third-order valence-electron chi connectivity index (χ3n) is 4.91. The number of halogens is 1. The van der Waals surface area contributed by atoms with Crippen LogP contribution in [-0.4, -0.2) is 18.4 Å². The molecule has 1 aromatic rings. The van der Waals surface area contributed by atoms with Gasteiger partial charge >= 0.3 is 148 Å². The second kappa shape index (κ2) is 12.1. The molecule has 2 heteroatoms. The number of unbranched alkanes of at least 4 members (excludes halogenated alkanes) is 3. The second-order valence-corrected chi connectivity index (χ2v) is 21.0. The van der Waals surface area contributed by atoms with Crippen molar-refractivity contribution in [2.45, 2.75) is 77.0 Å². The van der Waals surface area contributed by atoms with Gasteiger partial charge < -0.3 is 0 Å². The summed E-state index contributed by atoms with van der Waals surface area (Å²) >= 11 is -2.03. The minimum atomic E-state index is -2.03. The molecular formula is C21H35FSn. The number of allylic oxidation sites excluding steroid dienone is 1. The van der Waals surface area contributed by atoms with Crippen molar-refractivity contribution >= 4 is 24.5 Å². The van der Waals surface area contributed by atoms with Gasteiger partial charge in [0.2, 0.25) is 0 Å². The predicted molar refractivity (Wildman–Crippen MR) is 105 cm³/mol. The molecule has 1 aromatic carbocycles. The molecule has 0 heterocycles. The van der Waals surface area contributed by atoms with Gasteiger partial charge in [0.1, 0.15) is 0 Å². The number of hydrogen-bond donors (Lipinski definition) is 0. The molecule has 0 nitrogen and oxygen atoms in total. The summed E-state index contributed by atoms with van der Waals surface area (Å²) in [6, 6.07) is 6.88. The van der Waals surface area contributed by atoms with Crippen LogP contribution in [-0.2, 0) is 0 Å².